The van der Waals surface area contributed by atoms with Gasteiger partial charge in [0, 0.05) is 19.2 Å². The lowest BCUT2D eigenvalue weighted by molar-refractivity contribution is 0.494. The van der Waals surface area contributed by atoms with Crippen molar-refractivity contribution in [2.75, 3.05) is 23.7 Å². The molecule has 4 heteroatoms. The number of nitrogen functional groups attached to an aromatic ring is 1. The number of anilines is 2. The molecule has 1 aromatic carbocycles. The number of halogens is 2. The summed E-state index contributed by atoms with van der Waals surface area (Å²) in [7, 11) is 0. The second kappa shape index (κ2) is 3.92. The predicted molar refractivity (Wildman–Crippen MR) is 61.3 cm³/mol. The van der Waals surface area contributed by atoms with E-state index in [9.17, 15) is 8.78 Å². The van der Waals surface area contributed by atoms with Crippen LogP contribution in [0.15, 0.2) is 12.1 Å². The zero-order valence-electron chi connectivity index (χ0n) is 9.50. The first-order valence-corrected chi connectivity index (χ1v) is 5.48. The standard InChI is InChI=1S/C12H16F2N2/c1-7-5-16(6-8(7)2)11-4-9(13)3-10(14)12(11)15/h3-4,7-8H,5-6,15H2,1-2H3. The fourth-order valence-electron chi connectivity index (χ4n) is 2.16. The Balaban J connectivity index is 2.34. The molecule has 1 aromatic rings. The van der Waals surface area contributed by atoms with Crippen LogP contribution in [0.4, 0.5) is 20.2 Å². The highest BCUT2D eigenvalue weighted by Gasteiger charge is 2.28. The second-order valence-corrected chi connectivity index (χ2v) is 4.68. The van der Waals surface area contributed by atoms with Gasteiger partial charge in [0.15, 0.2) is 5.82 Å². The summed E-state index contributed by atoms with van der Waals surface area (Å²) in [6, 6.07) is 2.13. The largest absolute Gasteiger partial charge is 0.395 e. The molecule has 0 saturated carbocycles. The van der Waals surface area contributed by atoms with Crippen molar-refractivity contribution < 1.29 is 8.78 Å². The normalized spacial score (nSPS) is 25.1. The van der Waals surface area contributed by atoms with Gasteiger partial charge in [-0.3, -0.25) is 0 Å². The summed E-state index contributed by atoms with van der Waals surface area (Å²) in [4.78, 5) is 1.96. The average molecular weight is 226 g/mol. The number of hydrogen-bond donors (Lipinski definition) is 1. The molecule has 1 aliphatic rings. The van der Waals surface area contributed by atoms with Gasteiger partial charge in [0.25, 0.3) is 0 Å². The molecule has 2 unspecified atom stereocenters. The van der Waals surface area contributed by atoms with E-state index in [2.05, 4.69) is 13.8 Å². The van der Waals surface area contributed by atoms with Gasteiger partial charge in [-0.15, -0.1) is 0 Å². The van der Waals surface area contributed by atoms with Gasteiger partial charge < -0.3 is 10.6 Å². The minimum absolute atomic E-state index is 0.0442. The van der Waals surface area contributed by atoms with E-state index in [4.69, 9.17) is 5.73 Å². The van der Waals surface area contributed by atoms with Crippen LogP contribution < -0.4 is 10.6 Å². The fourth-order valence-corrected chi connectivity index (χ4v) is 2.16. The molecular weight excluding hydrogens is 210 g/mol. The topological polar surface area (TPSA) is 29.3 Å². The molecule has 0 aromatic heterocycles. The zero-order valence-corrected chi connectivity index (χ0v) is 9.50. The maximum absolute atomic E-state index is 13.3. The molecule has 16 heavy (non-hydrogen) atoms. The lowest BCUT2D eigenvalue weighted by Gasteiger charge is -2.20. The Morgan fingerprint density at radius 1 is 1.19 bits per heavy atom. The Labute approximate surface area is 94.0 Å². The van der Waals surface area contributed by atoms with Crippen LogP contribution in [0.1, 0.15) is 13.8 Å². The maximum atomic E-state index is 13.3. The summed E-state index contributed by atoms with van der Waals surface area (Å²) in [6.07, 6.45) is 0. The van der Waals surface area contributed by atoms with Crippen LogP contribution in [0.2, 0.25) is 0 Å². The first kappa shape index (κ1) is 11.2. The van der Waals surface area contributed by atoms with Gasteiger partial charge in [-0.25, -0.2) is 8.78 Å². The summed E-state index contributed by atoms with van der Waals surface area (Å²) in [5, 5.41) is 0. The van der Waals surface area contributed by atoms with Crippen molar-refractivity contribution in [2.45, 2.75) is 13.8 Å². The third-order valence-electron chi connectivity index (χ3n) is 3.40. The van der Waals surface area contributed by atoms with Crippen molar-refractivity contribution in [3.63, 3.8) is 0 Å². The minimum atomic E-state index is -0.679. The highest BCUT2D eigenvalue weighted by Crippen LogP contribution is 2.33. The Morgan fingerprint density at radius 3 is 2.31 bits per heavy atom. The van der Waals surface area contributed by atoms with Crippen LogP contribution in [0, 0.1) is 23.5 Å². The quantitative estimate of drug-likeness (QED) is 0.746. The minimum Gasteiger partial charge on any atom is -0.395 e. The van der Waals surface area contributed by atoms with Crippen LogP contribution in [0.3, 0.4) is 0 Å². The summed E-state index contributed by atoms with van der Waals surface area (Å²) in [6.45, 7) is 5.87. The van der Waals surface area contributed by atoms with E-state index in [1.807, 2.05) is 4.90 Å². The van der Waals surface area contributed by atoms with Crippen LogP contribution in [-0.4, -0.2) is 13.1 Å². The molecule has 0 aliphatic carbocycles. The van der Waals surface area contributed by atoms with E-state index < -0.39 is 11.6 Å². The summed E-state index contributed by atoms with van der Waals surface area (Å²) < 4.78 is 26.4. The highest BCUT2D eigenvalue weighted by atomic mass is 19.1. The van der Waals surface area contributed by atoms with Crippen LogP contribution in [-0.2, 0) is 0 Å². The van der Waals surface area contributed by atoms with Crippen molar-refractivity contribution >= 4 is 11.4 Å². The molecule has 2 nitrogen and oxygen atoms in total. The molecule has 0 amide bonds. The highest BCUT2D eigenvalue weighted by molar-refractivity contribution is 5.68. The van der Waals surface area contributed by atoms with Gasteiger partial charge >= 0.3 is 0 Å². The SMILES string of the molecule is CC1CN(c2cc(F)cc(F)c2N)CC1C. The molecular formula is C12H16F2N2. The first-order chi connectivity index (χ1) is 7.49. The van der Waals surface area contributed by atoms with Crippen molar-refractivity contribution in [1.82, 2.24) is 0 Å². The van der Waals surface area contributed by atoms with Crippen LogP contribution in [0.25, 0.3) is 0 Å². The van der Waals surface area contributed by atoms with Gasteiger partial charge in [-0.1, -0.05) is 13.8 Å². The summed E-state index contributed by atoms with van der Waals surface area (Å²) >= 11 is 0. The van der Waals surface area contributed by atoms with E-state index in [1.165, 1.54) is 6.07 Å². The zero-order chi connectivity index (χ0) is 11.9. The number of benzene rings is 1. The first-order valence-electron chi connectivity index (χ1n) is 5.48. The molecule has 0 spiro atoms. The second-order valence-electron chi connectivity index (χ2n) is 4.68. The third kappa shape index (κ3) is 1.84. The number of hydrogen-bond acceptors (Lipinski definition) is 2. The van der Waals surface area contributed by atoms with Crippen molar-refractivity contribution in [3.8, 4) is 0 Å². The van der Waals surface area contributed by atoms with E-state index in [-0.39, 0.29) is 5.69 Å². The van der Waals surface area contributed by atoms with E-state index in [0.717, 1.165) is 19.2 Å². The Bertz CT molecular complexity index is 396. The summed E-state index contributed by atoms with van der Waals surface area (Å²) in [5.74, 6) is -0.215. The van der Waals surface area contributed by atoms with Gasteiger partial charge in [0.2, 0.25) is 0 Å². The van der Waals surface area contributed by atoms with Gasteiger partial charge in [0.1, 0.15) is 5.82 Å². The Hall–Kier alpha value is -1.32. The van der Waals surface area contributed by atoms with Crippen molar-refractivity contribution in [1.29, 1.82) is 0 Å². The molecule has 1 fully saturated rings. The third-order valence-corrected chi connectivity index (χ3v) is 3.40. The molecule has 0 bridgehead atoms. The Kier molecular flexibility index (Phi) is 2.74. The molecule has 2 atom stereocenters. The lowest BCUT2D eigenvalue weighted by Crippen LogP contribution is -2.21. The van der Waals surface area contributed by atoms with Crippen LogP contribution in [0.5, 0.6) is 0 Å². The smallest absolute Gasteiger partial charge is 0.151 e. The number of rotatable bonds is 1. The number of nitrogens with two attached hydrogens (primary N) is 1. The van der Waals surface area contributed by atoms with Crippen LogP contribution >= 0.6 is 0 Å². The monoisotopic (exact) mass is 226 g/mol. The molecule has 1 aliphatic heterocycles. The molecule has 2 N–H and O–H groups in total. The predicted octanol–water partition coefficient (Wildman–Crippen LogP) is 2.64. The number of nitrogens with zero attached hydrogens (tertiary/aromatic N) is 1. The van der Waals surface area contributed by atoms with E-state index in [0.29, 0.717) is 17.5 Å². The van der Waals surface area contributed by atoms with E-state index >= 15 is 0 Å². The van der Waals surface area contributed by atoms with Crippen molar-refractivity contribution in [2.24, 2.45) is 11.8 Å². The van der Waals surface area contributed by atoms with E-state index in [1.54, 1.807) is 0 Å². The van der Waals surface area contributed by atoms with Gasteiger partial charge in [-0.2, -0.15) is 0 Å². The van der Waals surface area contributed by atoms with Gasteiger partial charge in [-0.05, 0) is 17.9 Å². The molecule has 1 saturated heterocycles. The maximum Gasteiger partial charge on any atom is 0.151 e. The average Bonchev–Trinajstić information content (AvgIpc) is 2.53. The van der Waals surface area contributed by atoms with Gasteiger partial charge in [0.05, 0.1) is 11.4 Å². The lowest BCUT2D eigenvalue weighted by atomic mass is 10.0. The summed E-state index contributed by atoms with van der Waals surface area (Å²) in [5.41, 5.74) is 6.16. The molecule has 0 radical (unpaired) electrons. The van der Waals surface area contributed by atoms with Crippen molar-refractivity contribution in [3.05, 3.63) is 23.8 Å². The Morgan fingerprint density at radius 2 is 1.75 bits per heavy atom. The molecule has 1 heterocycles. The molecule has 88 valence electrons. The molecule has 2 rings (SSSR count). The fraction of sp³-hybridized carbons (Fsp3) is 0.500.